The van der Waals surface area contributed by atoms with Crippen molar-refractivity contribution >= 4 is 11.7 Å². The van der Waals surface area contributed by atoms with Gasteiger partial charge in [-0.1, -0.05) is 18.2 Å². The number of carbonyl (C=O) groups is 1. The Hall–Kier alpha value is -2.83. The van der Waals surface area contributed by atoms with Gasteiger partial charge in [-0.2, -0.15) is 0 Å². The number of carbonyl (C=O) groups excluding carboxylic acids is 1. The SMILES string of the molecule is CC(NC(=O)N1CCN(c2cccc(O)c2)CC1)c1cccc(F)c1F. The molecule has 5 nitrogen and oxygen atoms in total. The third-order valence-corrected chi connectivity index (χ3v) is 4.55. The summed E-state index contributed by atoms with van der Waals surface area (Å²) in [6.45, 7) is 3.87. The zero-order valence-corrected chi connectivity index (χ0v) is 14.5. The maximum atomic E-state index is 13.8. The van der Waals surface area contributed by atoms with Crippen LogP contribution in [0.1, 0.15) is 18.5 Å². The molecular formula is C19H21F2N3O2. The summed E-state index contributed by atoms with van der Waals surface area (Å²) in [5.41, 5.74) is 1.03. The van der Waals surface area contributed by atoms with Gasteiger partial charge in [0.15, 0.2) is 11.6 Å². The molecule has 2 aromatic carbocycles. The molecule has 1 atom stereocenters. The molecule has 2 N–H and O–H groups in total. The Balaban J connectivity index is 1.57. The van der Waals surface area contributed by atoms with Crippen LogP contribution in [-0.2, 0) is 0 Å². The van der Waals surface area contributed by atoms with E-state index in [1.165, 1.54) is 12.1 Å². The van der Waals surface area contributed by atoms with Crippen molar-refractivity contribution in [2.24, 2.45) is 0 Å². The molecule has 1 unspecified atom stereocenters. The fourth-order valence-corrected chi connectivity index (χ4v) is 3.07. The molecule has 2 amide bonds. The molecule has 1 aliphatic heterocycles. The molecule has 7 heteroatoms. The molecule has 0 aromatic heterocycles. The number of benzene rings is 2. The Bertz CT molecular complexity index is 792. The average molecular weight is 361 g/mol. The van der Waals surface area contributed by atoms with Crippen molar-refractivity contribution in [2.45, 2.75) is 13.0 Å². The first-order valence-corrected chi connectivity index (χ1v) is 8.49. The smallest absolute Gasteiger partial charge is 0.317 e. The minimum atomic E-state index is -0.936. The largest absolute Gasteiger partial charge is 0.508 e. The molecule has 0 saturated carbocycles. The summed E-state index contributed by atoms with van der Waals surface area (Å²) < 4.78 is 27.2. The van der Waals surface area contributed by atoms with E-state index < -0.39 is 17.7 Å². The molecule has 0 spiro atoms. The van der Waals surface area contributed by atoms with Crippen LogP contribution in [0, 0.1) is 11.6 Å². The van der Waals surface area contributed by atoms with Gasteiger partial charge < -0.3 is 20.2 Å². The maximum absolute atomic E-state index is 13.8. The van der Waals surface area contributed by atoms with E-state index in [9.17, 15) is 18.7 Å². The van der Waals surface area contributed by atoms with Crippen molar-refractivity contribution in [3.05, 3.63) is 59.7 Å². The predicted octanol–water partition coefficient (Wildman–Crippen LogP) is 3.26. The molecular weight excluding hydrogens is 340 g/mol. The second-order valence-electron chi connectivity index (χ2n) is 6.31. The quantitative estimate of drug-likeness (QED) is 0.882. The van der Waals surface area contributed by atoms with E-state index in [0.717, 1.165) is 11.8 Å². The number of piperazine rings is 1. The van der Waals surface area contributed by atoms with Crippen molar-refractivity contribution in [3.8, 4) is 5.75 Å². The van der Waals surface area contributed by atoms with E-state index in [1.54, 1.807) is 30.0 Å². The van der Waals surface area contributed by atoms with Gasteiger partial charge in [-0.05, 0) is 25.1 Å². The first-order valence-electron chi connectivity index (χ1n) is 8.49. The molecule has 138 valence electrons. The van der Waals surface area contributed by atoms with Gasteiger partial charge in [0, 0.05) is 43.5 Å². The summed E-state index contributed by atoms with van der Waals surface area (Å²) in [5, 5.41) is 12.3. The van der Waals surface area contributed by atoms with Crippen LogP contribution < -0.4 is 10.2 Å². The zero-order chi connectivity index (χ0) is 18.7. The maximum Gasteiger partial charge on any atom is 0.317 e. The lowest BCUT2D eigenvalue weighted by atomic mass is 10.1. The second-order valence-corrected chi connectivity index (χ2v) is 6.31. The highest BCUT2D eigenvalue weighted by molar-refractivity contribution is 5.75. The summed E-state index contributed by atoms with van der Waals surface area (Å²) in [7, 11) is 0. The molecule has 2 aromatic rings. The normalized spacial score (nSPS) is 15.7. The molecule has 0 aliphatic carbocycles. The number of phenolic OH excluding ortho intramolecular Hbond substituents is 1. The standard InChI is InChI=1S/C19H21F2N3O2/c1-13(16-6-3-7-17(20)18(16)21)22-19(26)24-10-8-23(9-11-24)14-4-2-5-15(25)12-14/h2-7,12-13,25H,8-11H2,1H3,(H,22,26). The van der Waals surface area contributed by atoms with Crippen LogP contribution in [0.2, 0.25) is 0 Å². The number of rotatable bonds is 3. The van der Waals surface area contributed by atoms with Crippen LogP contribution in [-0.4, -0.2) is 42.2 Å². The summed E-state index contributed by atoms with van der Waals surface area (Å²) in [6.07, 6.45) is 0. The van der Waals surface area contributed by atoms with Gasteiger partial charge in [-0.25, -0.2) is 13.6 Å². The molecule has 0 radical (unpaired) electrons. The molecule has 26 heavy (non-hydrogen) atoms. The fraction of sp³-hybridized carbons (Fsp3) is 0.316. The number of anilines is 1. The van der Waals surface area contributed by atoms with E-state index in [-0.39, 0.29) is 17.3 Å². The number of nitrogens with one attached hydrogen (secondary N) is 1. The van der Waals surface area contributed by atoms with Gasteiger partial charge in [-0.3, -0.25) is 0 Å². The Labute approximate surface area is 150 Å². The third-order valence-electron chi connectivity index (χ3n) is 4.55. The summed E-state index contributed by atoms with van der Waals surface area (Å²) in [5.74, 6) is -1.66. The number of urea groups is 1. The highest BCUT2D eigenvalue weighted by Crippen LogP contribution is 2.22. The van der Waals surface area contributed by atoms with E-state index in [2.05, 4.69) is 10.2 Å². The monoisotopic (exact) mass is 361 g/mol. The van der Waals surface area contributed by atoms with Crippen LogP contribution in [0.25, 0.3) is 0 Å². The highest BCUT2D eigenvalue weighted by atomic mass is 19.2. The van der Waals surface area contributed by atoms with Crippen molar-refractivity contribution in [1.29, 1.82) is 0 Å². The van der Waals surface area contributed by atoms with Crippen LogP contribution in [0.15, 0.2) is 42.5 Å². The number of hydrogen-bond acceptors (Lipinski definition) is 3. The Morgan fingerprint density at radius 3 is 2.50 bits per heavy atom. The lowest BCUT2D eigenvalue weighted by Crippen LogP contribution is -2.52. The van der Waals surface area contributed by atoms with E-state index in [1.807, 2.05) is 6.07 Å². The van der Waals surface area contributed by atoms with E-state index in [0.29, 0.717) is 26.2 Å². The minimum absolute atomic E-state index is 0.122. The molecule has 1 saturated heterocycles. The lowest BCUT2D eigenvalue weighted by molar-refractivity contribution is 0.191. The summed E-state index contributed by atoms with van der Waals surface area (Å²) in [6, 6.07) is 9.97. The first kappa shape index (κ1) is 18.0. The number of hydrogen-bond donors (Lipinski definition) is 2. The van der Waals surface area contributed by atoms with Gasteiger partial charge in [0.1, 0.15) is 5.75 Å². The molecule has 1 heterocycles. The van der Waals surface area contributed by atoms with Gasteiger partial charge >= 0.3 is 6.03 Å². The van der Waals surface area contributed by atoms with Crippen LogP contribution >= 0.6 is 0 Å². The number of amides is 2. The summed E-state index contributed by atoms with van der Waals surface area (Å²) >= 11 is 0. The Morgan fingerprint density at radius 2 is 1.81 bits per heavy atom. The van der Waals surface area contributed by atoms with Crippen molar-refractivity contribution in [3.63, 3.8) is 0 Å². The predicted molar refractivity (Wildman–Crippen MR) is 95.2 cm³/mol. The topological polar surface area (TPSA) is 55.8 Å². The van der Waals surface area contributed by atoms with Crippen molar-refractivity contribution in [1.82, 2.24) is 10.2 Å². The number of phenols is 1. The number of nitrogens with zero attached hydrogens (tertiary/aromatic N) is 2. The van der Waals surface area contributed by atoms with Gasteiger partial charge in [0.05, 0.1) is 6.04 Å². The van der Waals surface area contributed by atoms with E-state index >= 15 is 0 Å². The minimum Gasteiger partial charge on any atom is -0.508 e. The fourth-order valence-electron chi connectivity index (χ4n) is 3.07. The van der Waals surface area contributed by atoms with Crippen LogP contribution in [0.3, 0.4) is 0 Å². The molecule has 1 fully saturated rings. The molecule has 3 rings (SSSR count). The molecule has 1 aliphatic rings. The Morgan fingerprint density at radius 1 is 1.12 bits per heavy atom. The number of aromatic hydroxyl groups is 1. The highest BCUT2D eigenvalue weighted by Gasteiger charge is 2.24. The van der Waals surface area contributed by atoms with E-state index in [4.69, 9.17) is 0 Å². The van der Waals surface area contributed by atoms with Crippen LogP contribution in [0.5, 0.6) is 5.75 Å². The first-order chi connectivity index (χ1) is 12.5. The summed E-state index contributed by atoms with van der Waals surface area (Å²) in [4.78, 5) is 16.1. The molecule has 0 bridgehead atoms. The van der Waals surface area contributed by atoms with Gasteiger partial charge in [-0.15, -0.1) is 0 Å². The van der Waals surface area contributed by atoms with Crippen LogP contribution in [0.4, 0.5) is 19.3 Å². The Kier molecular flexibility index (Phi) is 5.25. The van der Waals surface area contributed by atoms with Crippen molar-refractivity contribution in [2.75, 3.05) is 31.1 Å². The lowest BCUT2D eigenvalue weighted by Gasteiger charge is -2.36. The second kappa shape index (κ2) is 7.59. The number of halogens is 2. The van der Waals surface area contributed by atoms with Gasteiger partial charge in [0.25, 0.3) is 0 Å². The van der Waals surface area contributed by atoms with Crippen molar-refractivity contribution < 1.29 is 18.7 Å². The average Bonchev–Trinajstić information content (AvgIpc) is 2.64. The third kappa shape index (κ3) is 3.87. The van der Waals surface area contributed by atoms with Gasteiger partial charge in [0.2, 0.25) is 0 Å². The zero-order valence-electron chi connectivity index (χ0n) is 14.5.